The number of aryl methyl sites for hydroxylation is 4. The molecule has 0 bridgehead atoms. The van der Waals surface area contributed by atoms with Gasteiger partial charge in [-0.1, -0.05) is 26.0 Å². The molecular formula is C17H22N+. The van der Waals surface area contributed by atoms with E-state index in [0.717, 1.165) is 12.8 Å². The normalized spacial score (nSPS) is 10.7. The molecule has 0 saturated carbocycles. The molecule has 94 valence electrons. The minimum absolute atomic E-state index is 1.09. The predicted octanol–water partition coefficient (Wildman–Crippen LogP) is 3.61. The molecule has 1 heteroatoms. The first-order valence-corrected chi connectivity index (χ1v) is 6.74. The molecule has 1 aromatic carbocycles. The molecule has 0 aliphatic rings. The van der Waals surface area contributed by atoms with Crippen LogP contribution in [0.3, 0.4) is 0 Å². The number of aromatic nitrogens is 1. The lowest BCUT2D eigenvalue weighted by atomic mass is 10.0. The first kappa shape index (κ1) is 12.8. The van der Waals surface area contributed by atoms with Crippen LogP contribution in [0.2, 0.25) is 0 Å². The van der Waals surface area contributed by atoms with E-state index in [0.29, 0.717) is 0 Å². The maximum absolute atomic E-state index is 2.29. The van der Waals surface area contributed by atoms with Crippen LogP contribution < -0.4 is 4.57 Å². The summed E-state index contributed by atoms with van der Waals surface area (Å²) in [5.74, 6) is 0. The van der Waals surface area contributed by atoms with Gasteiger partial charge in [0.15, 0.2) is 6.20 Å². The second kappa shape index (κ2) is 5.34. The van der Waals surface area contributed by atoms with Gasteiger partial charge in [0.25, 0.3) is 0 Å². The summed E-state index contributed by atoms with van der Waals surface area (Å²) in [6.07, 6.45) is 4.41. The van der Waals surface area contributed by atoms with Crippen molar-refractivity contribution in [3.63, 3.8) is 0 Å². The van der Waals surface area contributed by atoms with E-state index in [1.807, 2.05) is 0 Å². The fraction of sp³-hybridized carbons (Fsp3) is 0.353. The van der Waals surface area contributed by atoms with Gasteiger partial charge in [-0.3, -0.25) is 0 Å². The van der Waals surface area contributed by atoms with Crippen molar-refractivity contribution in [2.45, 2.75) is 33.6 Å². The van der Waals surface area contributed by atoms with E-state index in [-0.39, 0.29) is 0 Å². The third-order valence-corrected chi connectivity index (χ3v) is 3.58. The molecule has 0 aliphatic carbocycles. The Kier molecular flexibility index (Phi) is 3.81. The summed E-state index contributed by atoms with van der Waals surface area (Å²) in [6, 6.07) is 11.2. The molecule has 18 heavy (non-hydrogen) atoms. The Balaban J connectivity index is 2.48. The Morgan fingerprint density at radius 1 is 0.944 bits per heavy atom. The average Bonchev–Trinajstić information content (AvgIpc) is 2.39. The van der Waals surface area contributed by atoms with Crippen LogP contribution in [0.15, 0.2) is 36.5 Å². The number of hydrogen-bond acceptors (Lipinski definition) is 0. The van der Waals surface area contributed by atoms with Gasteiger partial charge in [-0.15, -0.1) is 0 Å². The fourth-order valence-corrected chi connectivity index (χ4v) is 2.39. The number of benzene rings is 1. The largest absolute Gasteiger partial charge is 0.212 e. The molecule has 0 radical (unpaired) electrons. The summed E-state index contributed by atoms with van der Waals surface area (Å²) >= 11 is 0. The molecular weight excluding hydrogens is 218 g/mol. The van der Waals surface area contributed by atoms with Crippen LogP contribution >= 0.6 is 0 Å². The Labute approximate surface area is 110 Å². The van der Waals surface area contributed by atoms with Crippen LogP contribution in [0.4, 0.5) is 0 Å². The van der Waals surface area contributed by atoms with Crippen molar-refractivity contribution in [3.05, 3.63) is 53.2 Å². The van der Waals surface area contributed by atoms with Crippen LogP contribution in [0.25, 0.3) is 11.3 Å². The maximum atomic E-state index is 2.29. The van der Waals surface area contributed by atoms with Crippen molar-refractivity contribution in [2.75, 3.05) is 0 Å². The van der Waals surface area contributed by atoms with Crippen molar-refractivity contribution in [1.82, 2.24) is 0 Å². The Bertz CT molecular complexity index is 504. The lowest BCUT2D eigenvalue weighted by Crippen LogP contribution is -2.31. The highest BCUT2D eigenvalue weighted by Gasteiger charge is 2.12. The lowest BCUT2D eigenvalue weighted by Gasteiger charge is -2.07. The zero-order valence-electron chi connectivity index (χ0n) is 11.8. The van der Waals surface area contributed by atoms with Gasteiger partial charge in [0.05, 0.1) is 0 Å². The second-order valence-corrected chi connectivity index (χ2v) is 4.89. The van der Waals surface area contributed by atoms with E-state index >= 15 is 0 Å². The molecule has 1 aromatic heterocycles. The van der Waals surface area contributed by atoms with E-state index in [4.69, 9.17) is 0 Å². The van der Waals surface area contributed by atoms with E-state index < -0.39 is 0 Å². The Morgan fingerprint density at radius 3 is 2.17 bits per heavy atom. The van der Waals surface area contributed by atoms with Crippen molar-refractivity contribution < 1.29 is 4.57 Å². The summed E-state index contributed by atoms with van der Waals surface area (Å²) in [5, 5.41) is 0. The van der Waals surface area contributed by atoms with Crippen LogP contribution in [0, 0.1) is 6.92 Å². The zero-order chi connectivity index (χ0) is 13.1. The Hall–Kier alpha value is -1.63. The zero-order valence-corrected chi connectivity index (χ0v) is 11.8. The molecule has 1 nitrogen and oxygen atoms in total. The predicted molar refractivity (Wildman–Crippen MR) is 76.5 cm³/mol. The summed E-state index contributed by atoms with van der Waals surface area (Å²) < 4.78 is 2.23. The third-order valence-electron chi connectivity index (χ3n) is 3.58. The van der Waals surface area contributed by atoms with Crippen LogP contribution in [0.1, 0.15) is 30.5 Å². The molecule has 0 N–H and O–H groups in total. The number of hydrogen-bond donors (Lipinski definition) is 0. The van der Waals surface area contributed by atoms with Gasteiger partial charge in [0, 0.05) is 17.2 Å². The number of rotatable bonds is 3. The molecule has 0 spiro atoms. The smallest absolute Gasteiger partial charge is 0.201 e. The van der Waals surface area contributed by atoms with Crippen molar-refractivity contribution in [1.29, 1.82) is 0 Å². The summed E-state index contributed by atoms with van der Waals surface area (Å²) in [7, 11) is 2.13. The SMILES string of the molecule is CCc1ccc(-c2ccc(CC)c[n+]2C)c(C)c1. The third kappa shape index (κ3) is 2.45. The van der Waals surface area contributed by atoms with E-state index in [1.54, 1.807) is 0 Å². The van der Waals surface area contributed by atoms with E-state index in [9.17, 15) is 0 Å². The van der Waals surface area contributed by atoms with Gasteiger partial charge < -0.3 is 0 Å². The number of pyridine rings is 1. The van der Waals surface area contributed by atoms with Gasteiger partial charge in [-0.25, -0.2) is 4.57 Å². The molecule has 0 unspecified atom stereocenters. The molecule has 0 amide bonds. The second-order valence-electron chi connectivity index (χ2n) is 4.89. The van der Waals surface area contributed by atoms with Gasteiger partial charge in [-0.05, 0) is 43.0 Å². The molecule has 2 rings (SSSR count). The van der Waals surface area contributed by atoms with Gasteiger partial charge in [-0.2, -0.15) is 0 Å². The van der Waals surface area contributed by atoms with E-state index in [1.165, 1.54) is 27.9 Å². The standard InChI is InChI=1S/C17H22N/c1-5-14-7-9-16(13(3)11-14)17-10-8-15(6-2)12-18(17)4/h7-12H,5-6H2,1-4H3/q+1. The molecule has 0 saturated heterocycles. The van der Waals surface area contributed by atoms with E-state index in [2.05, 4.69) is 68.9 Å². The van der Waals surface area contributed by atoms with Crippen molar-refractivity contribution >= 4 is 0 Å². The molecule has 0 fully saturated rings. The first-order chi connectivity index (χ1) is 8.65. The fourth-order valence-electron chi connectivity index (χ4n) is 2.39. The van der Waals surface area contributed by atoms with Crippen molar-refractivity contribution in [3.8, 4) is 11.3 Å². The first-order valence-electron chi connectivity index (χ1n) is 6.74. The summed E-state index contributed by atoms with van der Waals surface area (Å²) in [5.41, 5.74) is 6.76. The maximum Gasteiger partial charge on any atom is 0.212 e. The van der Waals surface area contributed by atoms with Gasteiger partial charge in [0.1, 0.15) is 7.05 Å². The topological polar surface area (TPSA) is 3.88 Å². The van der Waals surface area contributed by atoms with Crippen LogP contribution in [-0.4, -0.2) is 0 Å². The van der Waals surface area contributed by atoms with Gasteiger partial charge in [0.2, 0.25) is 5.69 Å². The van der Waals surface area contributed by atoms with Gasteiger partial charge >= 0.3 is 0 Å². The highest BCUT2D eigenvalue weighted by atomic mass is 14.9. The highest BCUT2D eigenvalue weighted by Crippen LogP contribution is 2.21. The van der Waals surface area contributed by atoms with Crippen molar-refractivity contribution in [2.24, 2.45) is 7.05 Å². The minimum atomic E-state index is 1.09. The summed E-state index contributed by atoms with van der Waals surface area (Å²) in [4.78, 5) is 0. The molecule has 0 atom stereocenters. The molecule has 0 aliphatic heterocycles. The molecule has 2 aromatic rings. The lowest BCUT2D eigenvalue weighted by molar-refractivity contribution is -0.660. The Morgan fingerprint density at radius 2 is 1.61 bits per heavy atom. The minimum Gasteiger partial charge on any atom is -0.201 e. The summed E-state index contributed by atoms with van der Waals surface area (Å²) in [6.45, 7) is 6.59. The number of nitrogens with zero attached hydrogens (tertiary/aromatic N) is 1. The molecule has 1 heterocycles. The van der Waals surface area contributed by atoms with Crippen LogP contribution in [-0.2, 0) is 19.9 Å². The van der Waals surface area contributed by atoms with Crippen LogP contribution in [0.5, 0.6) is 0 Å². The quantitative estimate of drug-likeness (QED) is 0.722. The average molecular weight is 240 g/mol. The monoisotopic (exact) mass is 240 g/mol. The highest BCUT2D eigenvalue weighted by molar-refractivity contribution is 5.61.